The molecule has 100 valence electrons. The van der Waals surface area contributed by atoms with E-state index in [0.29, 0.717) is 17.9 Å². The molecule has 3 N–H and O–H groups in total. The lowest BCUT2D eigenvalue weighted by Crippen LogP contribution is -2.29. The minimum atomic E-state index is -0.397. The molecular formula is C12H20N4O2. The molecule has 1 heterocycles. The largest absolute Gasteiger partial charge is 0.366 e. The van der Waals surface area contributed by atoms with Crippen molar-refractivity contribution in [1.82, 2.24) is 4.98 Å². The van der Waals surface area contributed by atoms with Gasteiger partial charge in [-0.25, -0.2) is 4.98 Å². The summed E-state index contributed by atoms with van der Waals surface area (Å²) in [6, 6.07) is 1.57. The molecule has 0 spiro atoms. The van der Waals surface area contributed by atoms with Crippen LogP contribution >= 0.6 is 0 Å². The number of anilines is 1. The number of hydrogen-bond acceptors (Lipinski definition) is 5. The molecule has 6 heteroatoms. The number of unbranched alkanes of at least 4 members (excludes halogenated alkanes) is 1. The van der Waals surface area contributed by atoms with Gasteiger partial charge in [-0.2, -0.15) is 0 Å². The van der Waals surface area contributed by atoms with Crippen molar-refractivity contribution in [3.8, 4) is 0 Å². The molecule has 0 radical (unpaired) electrons. The van der Waals surface area contributed by atoms with Gasteiger partial charge in [0.1, 0.15) is 5.82 Å². The van der Waals surface area contributed by atoms with Gasteiger partial charge in [-0.05, 0) is 13.3 Å². The average molecular weight is 252 g/mol. The Bertz CT molecular complexity index is 409. The smallest absolute Gasteiger partial charge is 0.277 e. The molecule has 1 atom stereocenters. The predicted octanol–water partition coefficient (Wildman–Crippen LogP) is 2.23. The van der Waals surface area contributed by atoms with E-state index in [0.717, 1.165) is 19.3 Å². The zero-order valence-corrected chi connectivity index (χ0v) is 10.8. The molecule has 1 rings (SSSR count). The fraction of sp³-hybridized carbons (Fsp3) is 0.583. The summed E-state index contributed by atoms with van der Waals surface area (Å²) < 4.78 is 0. The third kappa shape index (κ3) is 3.96. The zero-order chi connectivity index (χ0) is 13.5. The molecule has 0 bridgehead atoms. The third-order valence-electron chi connectivity index (χ3n) is 2.81. The first-order valence-corrected chi connectivity index (χ1v) is 6.16. The minimum absolute atomic E-state index is 0.0822. The van der Waals surface area contributed by atoms with E-state index in [1.807, 2.05) is 0 Å². The molecule has 0 aliphatic heterocycles. The lowest BCUT2D eigenvalue weighted by atomic mass is 10.1. The first-order valence-electron chi connectivity index (χ1n) is 6.16. The predicted molar refractivity (Wildman–Crippen MR) is 71.6 cm³/mol. The molecule has 0 fully saturated rings. The van der Waals surface area contributed by atoms with Crippen LogP contribution in [-0.2, 0) is 0 Å². The third-order valence-corrected chi connectivity index (χ3v) is 2.81. The Hall–Kier alpha value is -1.69. The Morgan fingerprint density at radius 2 is 2.33 bits per heavy atom. The lowest BCUT2D eigenvalue weighted by Gasteiger charge is -2.17. The maximum absolute atomic E-state index is 10.8. The maximum atomic E-state index is 10.8. The Labute approximate surface area is 107 Å². The van der Waals surface area contributed by atoms with Crippen molar-refractivity contribution in [2.24, 2.45) is 5.73 Å². The van der Waals surface area contributed by atoms with Crippen LogP contribution in [0.15, 0.2) is 12.3 Å². The number of aromatic nitrogens is 1. The van der Waals surface area contributed by atoms with Crippen molar-refractivity contribution in [2.45, 2.75) is 39.2 Å². The van der Waals surface area contributed by atoms with E-state index in [1.54, 1.807) is 6.92 Å². The van der Waals surface area contributed by atoms with Crippen LogP contribution in [0.3, 0.4) is 0 Å². The van der Waals surface area contributed by atoms with Crippen LogP contribution in [0.1, 0.15) is 31.7 Å². The van der Waals surface area contributed by atoms with Gasteiger partial charge in [0.25, 0.3) is 5.69 Å². The highest BCUT2D eigenvalue weighted by molar-refractivity contribution is 5.49. The number of rotatable bonds is 7. The summed E-state index contributed by atoms with van der Waals surface area (Å²) in [6.45, 7) is 4.28. The van der Waals surface area contributed by atoms with E-state index < -0.39 is 4.92 Å². The van der Waals surface area contributed by atoms with Gasteiger partial charge in [-0.1, -0.05) is 19.8 Å². The fourth-order valence-corrected chi connectivity index (χ4v) is 1.70. The second kappa shape index (κ2) is 6.90. The summed E-state index contributed by atoms with van der Waals surface area (Å²) in [5, 5.41) is 14.0. The summed E-state index contributed by atoms with van der Waals surface area (Å²) in [5.74, 6) is 0.513. The topological polar surface area (TPSA) is 94.1 Å². The van der Waals surface area contributed by atoms with Gasteiger partial charge >= 0.3 is 0 Å². The van der Waals surface area contributed by atoms with Gasteiger partial charge in [0.05, 0.1) is 11.0 Å². The van der Waals surface area contributed by atoms with E-state index in [4.69, 9.17) is 5.73 Å². The van der Waals surface area contributed by atoms with Gasteiger partial charge in [0.2, 0.25) is 0 Å². The first-order chi connectivity index (χ1) is 8.58. The Morgan fingerprint density at radius 3 is 2.89 bits per heavy atom. The molecule has 0 amide bonds. The second-order valence-corrected chi connectivity index (χ2v) is 4.33. The Morgan fingerprint density at radius 1 is 1.61 bits per heavy atom. The van der Waals surface area contributed by atoms with Crippen LogP contribution in [0, 0.1) is 17.0 Å². The molecule has 6 nitrogen and oxygen atoms in total. The summed E-state index contributed by atoms with van der Waals surface area (Å²) in [7, 11) is 0. The number of nitrogens with one attached hydrogen (secondary N) is 1. The monoisotopic (exact) mass is 252 g/mol. The van der Waals surface area contributed by atoms with Gasteiger partial charge in [-0.15, -0.1) is 0 Å². The zero-order valence-electron chi connectivity index (χ0n) is 10.8. The van der Waals surface area contributed by atoms with Crippen LogP contribution < -0.4 is 11.1 Å². The van der Waals surface area contributed by atoms with Crippen molar-refractivity contribution in [3.05, 3.63) is 27.9 Å². The molecule has 1 aromatic rings. The Kier molecular flexibility index (Phi) is 5.51. The highest BCUT2D eigenvalue weighted by atomic mass is 16.6. The number of aryl methyl sites for hydroxylation is 1. The van der Waals surface area contributed by atoms with Gasteiger partial charge < -0.3 is 11.1 Å². The molecule has 0 saturated heterocycles. The molecule has 0 aliphatic rings. The number of nitrogens with zero attached hydrogens (tertiary/aromatic N) is 2. The number of nitro groups is 1. The highest BCUT2D eigenvalue weighted by Gasteiger charge is 2.14. The van der Waals surface area contributed by atoms with Crippen LogP contribution in [0.5, 0.6) is 0 Å². The van der Waals surface area contributed by atoms with Crippen molar-refractivity contribution in [1.29, 1.82) is 0 Å². The van der Waals surface area contributed by atoms with E-state index in [-0.39, 0.29) is 11.7 Å². The molecule has 0 saturated carbocycles. The van der Waals surface area contributed by atoms with Crippen LogP contribution in [0.4, 0.5) is 11.5 Å². The summed E-state index contributed by atoms with van der Waals surface area (Å²) in [5.41, 5.74) is 6.31. The van der Waals surface area contributed by atoms with Crippen LogP contribution in [-0.4, -0.2) is 22.5 Å². The van der Waals surface area contributed by atoms with E-state index >= 15 is 0 Å². The van der Waals surface area contributed by atoms with Crippen LogP contribution in [0.25, 0.3) is 0 Å². The lowest BCUT2D eigenvalue weighted by molar-refractivity contribution is -0.385. The van der Waals surface area contributed by atoms with Crippen molar-refractivity contribution < 1.29 is 4.92 Å². The summed E-state index contributed by atoms with van der Waals surface area (Å²) in [6.07, 6.45) is 4.62. The van der Waals surface area contributed by atoms with E-state index in [1.165, 1.54) is 12.3 Å². The molecule has 18 heavy (non-hydrogen) atoms. The standard InChI is InChI=1S/C12H20N4O2/c1-3-4-5-10(7-13)15-12-6-11(16(17)18)9(2)8-14-12/h6,8,10H,3-5,7,13H2,1-2H3,(H,14,15). The summed E-state index contributed by atoms with van der Waals surface area (Å²) >= 11 is 0. The maximum Gasteiger partial charge on any atom is 0.277 e. The number of pyridine rings is 1. The molecule has 1 aromatic heterocycles. The minimum Gasteiger partial charge on any atom is -0.366 e. The molecule has 0 aromatic carbocycles. The van der Waals surface area contributed by atoms with Gasteiger partial charge in [0.15, 0.2) is 0 Å². The Balaban J connectivity index is 2.77. The quantitative estimate of drug-likeness (QED) is 0.573. The number of hydrogen-bond donors (Lipinski definition) is 2. The van der Waals surface area contributed by atoms with Gasteiger partial charge in [0, 0.05) is 24.3 Å². The fourth-order valence-electron chi connectivity index (χ4n) is 1.70. The number of nitrogens with two attached hydrogens (primary N) is 1. The van der Waals surface area contributed by atoms with E-state index in [9.17, 15) is 10.1 Å². The highest BCUT2D eigenvalue weighted by Crippen LogP contribution is 2.20. The molecule has 0 aliphatic carbocycles. The van der Waals surface area contributed by atoms with Crippen LogP contribution in [0.2, 0.25) is 0 Å². The van der Waals surface area contributed by atoms with E-state index in [2.05, 4.69) is 17.2 Å². The van der Waals surface area contributed by atoms with Crippen molar-refractivity contribution in [2.75, 3.05) is 11.9 Å². The normalized spacial score (nSPS) is 12.2. The van der Waals surface area contributed by atoms with Crippen molar-refractivity contribution in [3.63, 3.8) is 0 Å². The van der Waals surface area contributed by atoms with Crippen molar-refractivity contribution >= 4 is 11.5 Å². The average Bonchev–Trinajstić information content (AvgIpc) is 2.36. The molecule has 1 unspecified atom stereocenters. The second-order valence-electron chi connectivity index (χ2n) is 4.33. The summed E-state index contributed by atoms with van der Waals surface area (Å²) in [4.78, 5) is 14.6. The van der Waals surface area contributed by atoms with Gasteiger partial charge in [-0.3, -0.25) is 10.1 Å². The first kappa shape index (κ1) is 14.4. The SMILES string of the molecule is CCCCC(CN)Nc1cc([N+](=O)[O-])c(C)cn1. The molecular weight excluding hydrogens is 232 g/mol.